The molecule has 0 aliphatic carbocycles. The van der Waals surface area contributed by atoms with Crippen molar-refractivity contribution < 1.29 is 45.0 Å². The minimum atomic E-state index is -0.954. The van der Waals surface area contributed by atoms with Gasteiger partial charge in [-0.25, -0.2) is 0 Å². The van der Waals surface area contributed by atoms with Gasteiger partial charge >= 0.3 is 5.97 Å². The largest absolute Gasteiger partial charge is 0.481 e. The molecule has 0 heterocycles. The number of unbranched alkanes of at least 4 members (excludes halogenated alkanes) is 8. The van der Waals surface area contributed by atoms with Crippen LogP contribution in [0.3, 0.4) is 0 Å². The van der Waals surface area contributed by atoms with Crippen LogP contribution in [-0.2, 0) is 14.4 Å². The molecule has 0 aromatic carbocycles. The van der Waals surface area contributed by atoms with Crippen molar-refractivity contribution in [1.29, 1.82) is 0 Å². The van der Waals surface area contributed by atoms with Crippen molar-refractivity contribution >= 4 is 17.9 Å². The summed E-state index contributed by atoms with van der Waals surface area (Å²) in [4.78, 5) is 28.2. The molecule has 0 spiro atoms. The zero-order chi connectivity index (χ0) is 22.8. The molecule has 0 saturated heterocycles. The molecule has 0 atom stereocenters. The first-order valence-corrected chi connectivity index (χ1v) is 9.55. The van der Waals surface area contributed by atoms with E-state index >= 15 is 0 Å². The maximum atomic E-state index is 10.2. The van der Waals surface area contributed by atoms with Gasteiger partial charge in [0.25, 0.3) is 11.9 Å². The standard InChI is InChI=1S/C12H24O2.C3H8O3.2C2H4O2/c1-2-3-4-5-6-7-8-9-10-11-12(13)14;4-1-3(6)2-5;2*1-2(3)4/h2-11H2,1H3,(H,13,14);3-6H,1-2H2;2*1H3,(H,3,4). The summed E-state index contributed by atoms with van der Waals surface area (Å²) in [5.74, 6) is -2.33. The van der Waals surface area contributed by atoms with Gasteiger partial charge in [-0.15, -0.1) is 0 Å². The molecule has 0 aromatic heterocycles. The second-order valence-corrected chi connectivity index (χ2v) is 6.03. The number of carboxylic acids is 3. The van der Waals surface area contributed by atoms with Crippen LogP contribution in [0, 0.1) is 0 Å². The molecule has 0 saturated carbocycles. The Hall–Kier alpha value is -1.71. The highest BCUT2D eigenvalue weighted by atomic mass is 16.4. The third-order valence-corrected chi connectivity index (χ3v) is 2.92. The van der Waals surface area contributed by atoms with Crippen LogP contribution in [0.4, 0.5) is 0 Å². The van der Waals surface area contributed by atoms with Crippen LogP contribution in [0.1, 0.15) is 85.0 Å². The van der Waals surface area contributed by atoms with Crippen molar-refractivity contribution in [2.45, 2.75) is 91.1 Å². The zero-order valence-corrected chi connectivity index (χ0v) is 17.5. The minimum Gasteiger partial charge on any atom is -0.481 e. The van der Waals surface area contributed by atoms with Crippen LogP contribution in [0.15, 0.2) is 0 Å². The number of hydrogen-bond acceptors (Lipinski definition) is 6. The molecule has 0 aliphatic heterocycles. The van der Waals surface area contributed by atoms with E-state index in [9.17, 15) is 4.79 Å². The molecule has 0 unspecified atom stereocenters. The fraction of sp³-hybridized carbons (Fsp3) is 0.842. The third kappa shape index (κ3) is 74.6. The van der Waals surface area contributed by atoms with Crippen LogP contribution >= 0.6 is 0 Å². The predicted octanol–water partition coefficient (Wildman–Crippen LogP) is 2.51. The Labute approximate surface area is 168 Å². The minimum absolute atomic E-state index is 0.343. The lowest BCUT2D eigenvalue weighted by molar-refractivity contribution is -0.137. The smallest absolute Gasteiger partial charge is 0.303 e. The normalized spacial score (nSPS) is 9.11. The van der Waals surface area contributed by atoms with Crippen molar-refractivity contribution in [2.24, 2.45) is 0 Å². The van der Waals surface area contributed by atoms with Gasteiger partial charge in [-0.3, -0.25) is 14.4 Å². The summed E-state index contributed by atoms with van der Waals surface area (Å²) in [5.41, 5.74) is 0. The number of rotatable bonds is 12. The van der Waals surface area contributed by atoms with Crippen LogP contribution in [0.2, 0.25) is 0 Å². The first-order chi connectivity index (χ1) is 13.0. The highest BCUT2D eigenvalue weighted by molar-refractivity contribution is 5.66. The summed E-state index contributed by atoms with van der Waals surface area (Å²) >= 11 is 0. The van der Waals surface area contributed by atoms with Crippen molar-refractivity contribution in [2.75, 3.05) is 13.2 Å². The average Bonchev–Trinajstić information content (AvgIpc) is 2.59. The molecule has 0 radical (unpaired) electrons. The van der Waals surface area contributed by atoms with E-state index < -0.39 is 24.0 Å². The molecule has 0 amide bonds. The van der Waals surface area contributed by atoms with Crippen LogP contribution in [0.5, 0.6) is 0 Å². The molecule has 0 aromatic rings. The number of carbonyl (C=O) groups is 3. The molecule has 9 nitrogen and oxygen atoms in total. The van der Waals surface area contributed by atoms with Crippen LogP contribution < -0.4 is 0 Å². The van der Waals surface area contributed by atoms with Crippen molar-refractivity contribution in [3.8, 4) is 0 Å². The van der Waals surface area contributed by atoms with Gasteiger partial charge in [-0.1, -0.05) is 58.3 Å². The lowest BCUT2D eigenvalue weighted by Gasteiger charge is -2.00. The number of hydrogen-bond donors (Lipinski definition) is 6. The SMILES string of the molecule is CC(=O)O.CC(=O)O.CCCCCCCCCCCC(=O)O.OCC(O)CO. The molecule has 0 fully saturated rings. The molecule has 0 aliphatic rings. The van der Waals surface area contributed by atoms with Gasteiger partial charge in [-0.2, -0.15) is 0 Å². The van der Waals surface area contributed by atoms with E-state index in [4.69, 9.17) is 40.2 Å². The molecule has 6 N–H and O–H groups in total. The Morgan fingerprint density at radius 1 is 0.679 bits per heavy atom. The van der Waals surface area contributed by atoms with E-state index in [-0.39, 0.29) is 13.2 Å². The van der Waals surface area contributed by atoms with Crippen molar-refractivity contribution in [3.05, 3.63) is 0 Å². The maximum absolute atomic E-state index is 10.2. The van der Waals surface area contributed by atoms with Gasteiger partial charge in [0.2, 0.25) is 0 Å². The topological polar surface area (TPSA) is 173 Å². The van der Waals surface area contributed by atoms with Crippen LogP contribution in [-0.4, -0.2) is 67.9 Å². The first-order valence-electron chi connectivity index (χ1n) is 9.55. The van der Waals surface area contributed by atoms with Crippen LogP contribution in [0.25, 0.3) is 0 Å². The summed E-state index contributed by atoms with van der Waals surface area (Å²) in [6, 6.07) is 0. The van der Waals surface area contributed by atoms with E-state index in [0.717, 1.165) is 26.7 Å². The number of aliphatic hydroxyl groups excluding tert-OH is 3. The fourth-order valence-corrected chi connectivity index (χ4v) is 1.64. The zero-order valence-electron chi connectivity index (χ0n) is 17.5. The van der Waals surface area contributed by atoms with Gasteiger partial charge in [0, 0.05) is 20.3 Å². The summed E-state index contributed by atoms with van der Waals surface area (Å²) < 4.78 is 0. The quantitative estimate of drug-likeness (QED) is 0.263. The number of aliphatic carboxylic acids is 3. The number of aliphatic hydroxyl groups is 3. The van der Waals surface area contributed by atoms with E-state index in [1.807, 2.05) is 0 Å². The molecule has 28 heavy (non-hydrogen) atoms. The Kier molecular flexibility index (Phi) is 36.3. The van der Waals surface area contributed by atoms with E-state index in [1.165, 1.54) is 44.9 Å². The second-order valence-electron chi connectivity index (χ2n) is 6.03. The predicted molar refractivity (Wildman–Crippen MR) is 106 cm³/mol. The Morgan fingerprint density at radius 3 is 1.18 bits per heavy atom. The Morgan fingerprint density at radius 2 is 0.964 bits per heavy atom. The third-order valence-electron chi connectivity index (χ3n) is 2.92. The Bertz CT molecular complexity index is 322. The van der Waals surface area contributed by atoms with Gasteiger partial charge in [0.15, 0.2) is 0 Å². The Balaban J connectivity index is -0.000000169. The average molecular weight is 413 g/mol. The van der Waals surface area contributed by atoms with E-state index in [1.54, 1.807) is 0 Å². The van der Waals surface area contributed by atoms with Crippen molar-refractivity contribution in [3.63, 3.8) is 0 Å². The second kappa shape index (κ2) is 30.0. The van der Waals surface area contributed by atoms with Gasteiger partial charge in [-0.05, 0) is 6.42 Å². The summed E-state index contributed by atoms with van der Waals surface area (Å²) in [6.07, 6.45) is 10.5. The highest BCUT2D eigenvalue weighted by Crippen LogP contribution is 2.10. The van der Waals surface area contributed by atoms with Gasteiger partial charge < -0.3 is 30.6 Å². The van der Waals surface area contributed by atoms with E-state index in [2.05, 4.69) is 6.92 Å². The molecule has 170 valence electrons. The first kappa shape index (κ1) is 33.8. The summed E-state index contributed by atoms with van der Waals surface area (Å²) in [7, 11) is 0. The summed E-state index contributed by atoms with van der Waals surface area (Å²) in [6.45, 7) is 3.67. The lowest BCUT2D eigenvalue weighted by atomic mass is 10.1. The van der Waals surface area contributed by atoms with Crippen molar-refractivity contribution in [1.82, 2.24) is 0 Å². The molecule has 0 rings (SSSR count). The monoisotopic (exact) mass is 412 g/mol. The maximum Gasteiger partial charge on any atom is 0.303 e. The van der Waals surface area contributed by atoms with Gasteiger partial charge in [0.1, 0.15) is 6.10 Å². The number of carboxylic acid groups (broad SMARTS) is 3. The molecule has 0 bridgehead atoms. The highest BCUT2D eigenvalue weighted by Gasteiger charge is 1.96. The fourth-order valence-electron chi connectivity index (χ4n) is 1.64. The molecular formula is C19H40O9. The molecule has 9 heteroatoms. The summed E-state index contributed by atoms with van der Waals surface area (Å²) in [5, 5.41) is 47.3. The van der Waals surface area contributed by atoms with E-state index in [0.29, 0.717) is 6.42 Å². The lowest BCUT2D eigenvalue weighted by Crippen LogP contribution is -2.15. The van der Waals surface area contributed by atoms with Gasteiger partial charge in [0.05, 0.1) is 13.2 Å². The molecular weight excluding hydrogens is 372 g/mol.